The summed E-state index contributed by atoms with van der Waals surface area (Å²) in [5, 5.41) is 9.90. The maximum atomic E-state index is 13.8. The lowest BCUT2D eigenvalue weighted by Crippen LogP contribution is -2.38. The van der Waals surface area contributed by atoms with Gasteiger partial charge in [0.1, 0.15) is 11.6 Å². The normalized spacial score (nSPS) is 11.5. The van der Waals surface area contributed by atoms with Crippen molar-refractivity contribution in [1.82, 2.24) is 0 Å². The Morgan fingerprint density at radius 3 is 2.33 bits per heavy atom. The van der Waals surface area contributed by atoms with Crippen molar-refractivity contribution >= 4 is 27.7 Å². The molecule has 3 aromatic rings. The largest absolute Gasteiger partial charge is 0.493 e. The molecule has 0 aliphatic rings. The summed E-state index contributed by atoms with van der Waals surface area (Å²) in [4.78, 5) is 13.7. The number of ether oxygens (including phenoxy) is 2. The quantitative estimate of drug-likeness (QED) is 0.303. The lowest BCUT2D eigenvalue weighted by Gasteiger charge is -2.25. The van der Waals surface area contributed by atoms with E-state index in [4.69, 9.17) is 9.47 Å². The molecule has 0 aliphatic heterocycles. The smallest absolute Gasteiger partial charge is 0.282 e. The fraction of sp³-hybridized carbons (Fsp3) is 0.214. The molecule has 0 N–H and O–H groups in total. The highest BCUT2D eigenvalue weighted by Gasteiger charge is 2.34. The van der Waals surface area contributed by atoms with E-state index in [1.807, 2.05) is 32.9 Å². The Bertz CT molecular complexity index is 1450. The second-order valence-electron chi connectivity index (χ2n) is 8.12. The zero-order valence-electron chi connectivity index (χ0n) is 20.9. The minimum atomic E-state index is -4.34. The van der Waals surface area contributed by atoms with Gasteiger partial charge in [0.25, 0.3) is 15.9 Å². The lowest BCUT2D eigenvalue weighted by atomic mass is 10.1. The molecule has 0 heterocycles. The van der Waals surface area contributed by atoms with Crippen LogP contribution >= 0.6 is 0 Å². The molecular weight excluding hydrogens is 476 g/mol. The number of sulfonamides is 1. The van der Waals surface area contributed by atoms with E-state index in [-0.39, 0.29) is 16.2 Å². The van der Waals surface area contributed by atoms with Gasteiger partial charge >= 0.3 is 0 Å². The summed E-state index contributed by atoms with van der Waals surface area (Å²) in [5.41, 5.74) is 2.61. The molecular formula is C28H28N2O5S. The molecule has 0 aliphatic carbocycles. The molecule has 0 unspecified atom stereocenters. The van der Waals surface area contributed by atoms with Gasteiger partial charge in [-0.1, -0.05) is 35.9 Å². The van der Waals surface area contributed by atoms with Gasteiger partial charge in [-0.2, -0.15) is 9.57 Å². The topological polar surface area (TPSA) is 96.7 Å². The van der Waals surface area contributed by atoms with Crippen molar-refractivity contribution < 1.29 is 22.7 Å². The number of anilines is 1. The maximum absolute atomic E-state index is 13.8. The first-order valence-electron chi connectivity index (χ1n) is 11.3. The molecule has 0 saturated carbocycles. The number of rotatable bonds is 8. The molecule has 0 radical (unpaired) electrons. The van der Waals surface area contributed by atoms with Crippen molar-refractivity contribution in [2.24, 2.45) is 0 Å². The first-order chi connectivity index (χ1) is 17.1. The Hall–Kier alpha value is -4.09. The first-order valence-corrected chi connectivity index (χ1v) is 12.7. The van der Waals surface area contributed by atoms with Gasteiger partial charge in [-0.05, 0) is 80.8 Å². The Morgan fingerprint density at radius 1 is 1.03 bits per heavy atom. The molecule has 36 heavy (non-hydrogen) atoms. The van der Waals surface area contributed by atoms with Crippen LogP contribution in [0.1, 0.15) is 29.2 Å². The number of hydrogen-bond acceptors (Lipinski definition) is 6. The number of aryl methyl sites for hydroxylation is 2. The molecule has 0 saturated heterocycles. The Labute approximate surface area is 212 Å². The number of amides is 1. The summed E-state index contributed by atoms with van der Waals surface area (Å²) >= 11 is 0. The Morgan fingerprint density at radius 2 is 1.72 bits per heavy atom. The minimum Gasteiger partial charge on any atom is -0.493 e. The Balaban J connectivity index is 2.18. The van der Waals surface area contributed by atoms with Crippen molar-refractivity contribution in [3.05, 3.63) is 88.5 Å². The predicted octanol–water partition coefficient (Wildman–Crippen LogP) is 5.35. The van der Waals surface area contributed by atoms with Crippen molar-refractivity contribution in [3.8, 4) is 17.6 Å². The van der Waals surface area contributed by atoms with E-state index >= 15 is 0 Å². The number of methoxy groups -OCH3 is 1. The fourth-order valence-corrected chi connectivity index (χ4v) is 5.05. The van der Waals surface area contributed by atoms with Gasteiger partial charge in [0.2, 0.25) is 0 Å². The monoisotopic (exact) mass is 504 g/mol. The first kappa shape index (κ1) is 26.5. The molecule has 7 nitrogen and oxygen atoms in total. The lowest BCUT2D eigenvalue weighted by molar-refractivity contribution is -0.113. The Kier molecular flexibility index (Phi) is 8.18. The molecule has 0 spiro atoms. The summed E-state index contributed by atoms with van der Waals surface area (Å²) in [6.45, 7) is 7.69. The highest BCUT2D eigenvalue weighted by molar-refractivity contribution is 7.93. The van der Waals surface area contributed by atoms with Gasteiger partial charge in [-0.15, -0.1) is 0 Å². The van der Waals surface area contributed by atoms with E-state index in [1.165, 1.54) is 25.3 Å². The van der Waals surface area contributed by atoms with Gasteiger partial charge in [0.05, 0.1) is 24.3 Å². The van der Waals surface area contributed by atoms with Gasteiger partial charge in [0.15, 0.2) is 11.5 Å². The third-order valence-corrected chi connectivity index (χ3v) is 7.40. The van der Waals surface area contributed by atoms with Crippen LogP contribution in [0.4, 0.5) is 5.69 Å². The van der Waals surface area contributed by atoms with Gasteiger partial charge < -0.3 is 9.47 Å². The van der Waals surface area contributed by atoms with Crippen LogP contribution in [0.15, 0.2) is 71.1 Å². The van der Waals surface area contributed by atoms with Crippen LogP contribution in [0.2, 0.25) is 0 Å². The molecule has 186 valence electrons. The number of benzene rings is 3. The molecule has 3 rings (SSSR count). The molecule has 8 heteroatoms. The summed E-state index contributed by atoms with van der Waals surface area (Å²) in [6.07, 6.45) is 1.34. The predicted molar refractivity (Wildman–Crippen MR) is 140 cm³/mol. The highest BCUT2D eigenvalue weighted by Crippen LogP contribution is 2.32. The molecule has 0 atom stereocenters. The molecule has 3 aromatic carbocycles. The number of carbonyl (C=O) groups is 1. The van der Waals surface area contributed by atoms with Gasteiger partial charge in [0, 0.05) is 0 Å². The van der Waals surface area contributed by atoms with Crippen molar-refractivity contribution in [2.75, 3.05) is 18.0 Å². The molecule has 0 bridgehead atoms. The third-order valence-electron chi connectivity index (χ3n) is 5.69. The van der Waals surface area contributed by atoms with Crippen molar-refractivity contribution in [2.45, 2.75) is 32.6 Å². The van der Waals surface area contributed by atoms with Crippen molar-refractivity contribution in [1.29, 1.82) is 5.26 Å². The number of hydrogen-bond donors (Lipinski definition) is 0. The van der Waals surface area contributed by atoms with E-state index in [9.17, 15) is 18.5 Å². The van der Waals surface area contributed by atoms with Crippen LogP contribution in [0.5, 0.6) is 11.5 Å². The maximum Gasteiger partial charge on any atom is 0.282 e. The zero-order valence-corrected chi connectivity index (χ0v) is 21.7. The van der Waals surface area contributed by atoms with Crippen LogP contribution < -0.4 is 13.8 Å². The molecule has 0 fully saturated rings. The summed E-state index contributed by atoms with van der Waals surface area (Å²) in [7, 11) is -2.85. The standard InChI is InChI=1S/C28H28N2O5S/c1-6-35-26-15-12-22(17-27(26)34-5)16-23(18-29)28(31)30(25-9-7-8-20(3)21(25)4)36(32,33)24-13-10-19(2)11-14-24/h7-17H,6H2,1-5H3/b23-16+. The SMILES string of the molecule is CCOc1ccc(/C=C(\C#N)C(=O)N(c2cccc(C)c2C)S(=O)(=O)c2ccc(C)cc2)cc1OC. The van der Waals surface area contributed by atoms with E-state index in [2.05, 4.69) is 0 Å². The average Bonchev–Trinajstić information content (AvgIpc) is 2.86. The summed E-state index contributed by atoms with van der Waals surface area (Å²) in [5.74, 6) is -0.0189. The number of nitriles is 1. The van der Waals surface area contributed by atoms with Crippen LogP contribution in [-0.4, -0.2) is 28.0 Å². The van der Waals surface area contributed by atoms with Crippen LogP contribution in [0.3, 0.4) is 0 Å². The van der Waals surface area contributed by atoms with E-state index in [0.717, 1.165) is 11.1 Å². The average molecular weight is 505 g/mol. The molecule has 1 amide bonds. The van der Waals surface area contributed by atoms with E-state index in [1.54, 1.807) is 49.4 Å². The number of nitrogens with zero attached hydrogens (tertiary/aromatic N) is 2. The third kappa shape index (κ3) is 5.42. The van der Waals surface area contributed by atoms with Crippen molar-refractivity contribution in [3.63, 3.8) is 0 Å². The summed E-state index contributed by atoms with van der Waals surface area (Å²) in [6, 6.07) is 18.1. The molecule has 0 aromatic heterocycles. The zero-order chi connectivity index (χ0) is 26.5. The van der Waals surface area contributed by atoms with Gasteiger partial charge in [-0.25, -0.2) is 8.42 Å². The fourth-order valence-electron chi connectivity index (χ4n) is 3.59. The van der Waals surface area contributed by atoms with E-state index in [0.29, 0.717) is 33.5 Å². The second kappa shape index (κ2) is 11.1. The number of carbonyl (C=O) groups excluding carboxylic acids is 1. The summed E-state index contributed by atoms with van der Waals surface area (Å²) < 4.78 is 39.1. The van der Waals surface area contributed by atoms with Crippen LogP contribution in [0.25, 0.3) is 6.08 Å². The minimum absolute atomic E-state index is 0.0533. The van der Waals surface area contributed by atoms with E-state index < -0.39 is 15.9 Å². The van der Waals surface area contributed by atoms with Crippen LogP contribution in [-0.2, 0) is 14.8 Å². The highest BCUT2D eigenvalue weighted by atomic mass is 32.2. The van der Waals surface area contributed by atoms with Gasteiger partial charge in [-0.3, -0.25) is 4.79 Å². The van der Waals surface area contributed by atoms with Crippen LogP contribution in [0, 0.1) is 32.1 Å². The second-order valence-corrected chi connectivity index (χ2v) is 9.91.